The number of anilines is 1. The Balaban J connectivity index is 2.53. The average molecular weight is 351 g/mol. The fourth-order valence-electron chi connectivity index (χ4n) is 2.48. The average Bonchev–Trinajstić information content (AvgIpc) is 2.45. The molecule has 0 saturated heterocycles. The second-order valence-electron chi connectivity index (χ2n) is 5.17. The van der Waals surface area contributed by atoms with Gasteiger partial charge in [-0.25, -0.2) is 0 Å². The Hall–Kier alpha value is -2.04. The topological polar surface area (TPSA) is 72.2 Å². The summed E-state index contributed by atoms with van der Waals surface area (Å²) >= 11 is 12.3. The van der Waals surface area contributed by atoms with Crippen molar-refractivity contribution in [2.45, 2.75) is 19.9 Å². The number of halogens is 2. The number of Topliss-reactive ketones (excluding diaryl/α,β-unsaturated/α-hetero) is 1. The molecule has 0 heterocycles. The number of carbonyl (C=O) groups excluding carboxylic acids is 2. The van der Waals surface area contributed by atoms with Gasteiger partial charge in [0, 0.05) is 26.9 Å². The van der Waals surface area contributed by atoms with E-state index in [1.54, 1.807) is 30.3 Å². The minimum absolute atomic E-state index is 0.112. The Bertz CT molecular complexity index is 755. The standard InChI is InChI=1S/C17H16Cl2N2O2/c1-9-5-3-8-13(14(9)10(2)22)21-16(17(20)23)15-11(18)6-4-7-12(15)19/h3-8,16,21H,1-2H3,(H2,20,23)/t16-/m0/s1. The molecule has 0 bridgehead atoms. The second kappa shape index (κ2) is 7.02. The molecule has 0 fully saturated rings. The maximum Gasteiger partial charge on any atom is 0.244 e. The monoisotopic (exact) mass is 350 g/mol. The molecule has 6 heteroatoms. The van der Waals surface area contributed by atoms with Gasteiger partial charge in [-0.1, -0.05) is 41.4 Å². The third-order valence-electron chi connectivity index (χ3n) is 3.50. The van der Waals surface area contributed by atoms with E-state index < -0.39 is 11.9 Å². The summed E-state index contributed by atoms with van der Waals surface area (Å²) in [4.78, 5) is 23.8. The minimum atomic E-state index is -0.948. The number of ketones is 1. The summed E-state index contributed by atoms with van der Waals surface area (Å²) in [5.41, 5.74) is 7.72. The summed E-state index contributed by atoms with van der Waals surface area (Å²) in [6, 6.07) is 9.31. The van der Waals surface area contributed by atoms with Gasteiger partial charge in [0.1, 0.15) is 6.04 Å². The van der Waals surface area contributed by atoms with Crippen LogP contribution < -0.4 is 11.1 Å². The normalized spacial score (nSPS) is 11.8. The number of primary amides is 1. The van der Waals surface area contributed by atoms with Gasteiger partial charge in [0.05, 0.1) is 0 Å². The van der Waals surface area contributed by atoms with Crippen molar-refractivity contribution in [2.75, 3.05) is 5.32 Å². The van der Waals surface area contributed by atoms with E-state index in [9.17, 15) is 9.59 Å². The van der Waals surface area contributed by atoms with Crippen LogP contribution in [-0.4, -0.2) is 11.7 Å². The van der Waals surface area contributed by atoms with Crippen molar-refractivity contribution >= 4 is 40.6 Å². The molecule has 0 saturated carbocycles. The first-order valence-corrected chi connectivity index (χ1v) is 7.68. The molecule has 0 aliphatic heterocycles. The third-order valence-corrected chi connectivity index (χ3v) is 4.16. The highest BCUT2D eigenvalue weighted by Crippen LogP contribution is 2.33. The van der Waals surface area contributed by atoms with Crippen molar-refractivity contribution in [3.8, 4) is 0 Å². The van der Waals surface area contributed by atoms with Crippen LogP contribution in [-0.2, 0) is 4.79 Å². The fraction of sp³-hybridized carbons (Fsp3) is 0.176. The molecule has 120 valence electrons. The SMILES string of the molecule is CC(=O)c1c(C)cccc1N[C@H](C(N)=O)c1c(Cl)cccc1Cl. The van der Waals surface area contributed by atoms with Gasteiger partial charge in [0.25, 0.3) is 0 Å². The molecule has 0 spiro atoms. The summed E-state index contributed by atoms with van der Waals surface area (Å²) in [5, 5.41) is 3.65. The molecule has 0 radical (unpaired) electrons. The maximum absolute atomic E-state index is 11.9. The van der Waals surface area contributed by atoms with E-state index in [1.807, 2.05) is 13.0 Å². The van der Waals surface area contributed by atoms with E-state index >= 15 is 0 Å². The van der Waals surface area contributed by atoms with Crippen molar-refractivity contribution < 1.29 is 9.59 Å². The number of carbonyl (C=O) groups is 2. The van der Waals surface area contributed by atoms with Gasteiger partial charge in [-0.15, -0.1) is 0 Å². The second-order valence-corrected chi connectivity index (χ2v) is 5.98. The fourth-order valence-corrected chi connectivity index (χ4v) is 3.10. The van der Waals surface area contributed by atoms with E-state index in [-0.39, 0.29) is 5.78 Å². The van der Waals surface area contributed by atoms with Gasteiger partial charge < -0.3 is 11.1 Å². The van der Waals surface area contributed by atoms with Gasteiger partial charge in [-0.05, 0) is 37.6 Å². The lowest BCUT2D eigenvalue weighted by molar-refractivity contribution is -0.118. The summed E-state index contributed by atoms with van der Waals surface area (Å²) < 4.78 is 0. The Kier molecular flexibility index (Phi) is 5.29. The highest BCUT2D eigenvalue weighted by Gasteiger charge is 2.25. The van der Waals surface area contributed by atoms with E-state index in [2.05, 4.69) is 5.32 Å². The number of amides is 1. The van der Waals surface area contributed by atoms with Crippen LogP contribution in [0.25, 0.3) is 0 Å². The van der Waals surface area contributed by atoms with Gasteiger partial charge in [-0.3, -0.25) is 9.59 Å². The van der Waals surface area contributed by atoms with Gasteiger partial charge in [-0.2, -0.15) is 0 Å². The Labute approximate surface area is 144 Å². The number of aryl methyl sites for hydroxylation is 1. The number of rotatable bonds is 5. The lowest BCUT2D eigenvalue weighted by atomic mass is 10.0. The van der Waals surface area contributed by atoms with Crippen molar-refractivity contribution in [3.63, 3.8) is 0 Å². The van der Waals surface area contributed by atoms with Crippen LogP contribution >= 0.6 is 23.2 Å². The maximum atomic E-state index is 11.9. The molecule has 1 atom stereocenters. The van der Waals surface area contributed by atoms with E-state index in [1.165, 1.54) is 6.92 Å². The minimum Gasteiger partial charge on any atom is -0.369 e. The molecule has 2 rings (SSSR count). The molecule has 2 aromatic rings. The van der Waals surface area contributed by atoms with Gasteiger partial charge >= 0.3 is 0 Å². The summed E-state index contributed by atoms with van der Waals surface area (Å²) in [7, 11) is 0. The predicted molar refractivity (Wildman–Crippen MR) is 93.2 cm³/mol. The number of hydrogen-bond donors (Lipinski definition) is 2. The highest BCUT2D eigenvalue weighted by molar-refractivity contribution is 6.36. The molecular weight excluding hydrogens is 335 g/mol. The molecule has 1 amide bonds. The summed E-state index contributed by atoms with van der Waals surface area (Å²) in [6.07, 6.45) is 0. The molecule has 0 unspecified atom stereocenters. The van der Waals surface area contributed by atoms with Crippen molar-refractivity contribution in [1.82, 2.24) is 0 Å². The zero-order valence-corrected chi connectivity index (χ0v) is 14.2. The lowest BCUT2D eigenvalue weighted by Gasteiger charge is -2.21. The molecule has 0 aromatic heterocycles. The number of benzene rings is 2. The van der Waals surface area contributed by atoms with Crippen LogP contribution in [0.15, 0.2) is 36.4 Å². The molecule has 3 N–H and O–H groups in total. The van der Waals surface area contributed by atoms with Crippen molar-refractivity contribution in [1.29, 1.82) is 0 Å². The first-order chi connectivity index (χ1) is 10.8. The van der Waals surface area contributed by atoms with E-state index in [0.29, 0.717) is 26.9 Å². The zero-order valence-electron chi connectivity index (χ0n) is 12.7. The Morgan fingerprint density at radius 2 is 1.65 bits per heavy atom. The lowest BCUT2D eigenvalue weighted by Crippen LogP contribution is -2.29. The largest absolute Gasteiger partial charge is 0.369 e. The Morgan fingerprint density at radius 1 is 1.09 bits per heavy atom. The van der Waals surface area contributed by atoms with Gasteiger partial charge in [0.15, 0.2) is 5.78 Å². The molecule has 23 heavy (non-hydrogen) atoms. The molecule has 2 aromatic carbocycles. The van der Waals surface area contributed by atoms with E-state index in [4.69, 9.17) is 28.9 Å². The van der Waals surface area contributed by atoms with Crippen LogP contribution in [0.4, 0.5) is 5.69 Å². The first-order valence-electron chi connectivity index (χ1n) is 6.93. The third kappa shape index (κ3) is 3.66. The first kappa shape index (κ1) is 17.3. The van der Waals surface area contributed by atoms with Gasteiger partial charge in [0.2, 0.25) is 5.91 Å². The van der Waals surface area contributed by atoms with Crippen LogP contribution in [0.1, 0.15) is 34.5 Å². The summed E-state index contributed by atoms with van der Waals surface area (Å²) in [5.74, 6) is -0.755. The zero-order chi connectivity index (χ0) is 17.1. The smallest absolute Gasteiger partial charge is 0.244 e. The van der Waals surface area contributed by atoms with Crippen LogP contribution in [0, 0.1) is 6.92 Å². The summed E-state index contributed by atoms with van der Waals surface area (Å²) in [6.45, 7) is 3.29. The van der Waals surface area contributed by atoms with E-state index in [0.717, 1.165) is 5.56 Å². The highest BCUT2D eigenvalue weighted by atomic mass is 35.5. The molecule has 0 aliphatic rings. The number of nitrogens with one attached hydrogen (secondary N) is 1. The number of hydrogen-bond acceptors (Lipinski definition) is 3. The van der Waals surface area contributed by atoms with Crippen LogP contribution in [0.3, 0.4) is 0 Å². The molecular formula is C17H16Cl2N2O2. The van der Waals surface area contributed by atoms with Crippen molar-refractivity contribution in [3.05, 3.63) is 63.1 Å². The van der Waals surface area contributed by atoms with Crippen LogP contribution in [0.5, 0.6) is 0 Å². The van der Waals surface area contributed by atoms with Crippen LogP contribution in [0.2, 0.25) is 10.0 Å². The quantitative estimate of drug-likeness (QED) is 0.795. The predicted octanol–water partition coefficient (Wildman–Crippen LogP) is 4.14. The Morgan fingerprint density at radius 3 is 2.17 bits per heavy atom. The molecule has 0 aliphatic carbocycles. The number of nitrogens with two attached hydrogens (primary N) is 1. The van der Waals surface area contributed by atoms with Crippen molar-refractivity contribution in [2.24, 2.45) is 5.73 Å². The molecule has 4 nitrogen and oxygen atoms in total.